The maximum absolute atomic E-state index is 6.14. The van der Waals surface area contributed by atoms with Crippen molar-refractivity contribution in [3.05, 3.63) is 63.6 Å². The van der Waals surface area contributed by atoms with E-state index in [0.29, 0.717) is 16.7 Å². The van der Waals surface area contributed by atoms with Crippen molar-refractivity contribution in [3.63, 3.8) is 0 Å². The number of hydrogen-bond acceptors (Lipinski definition) is 3. The predicted molar refractivity (Wildman–Crippen MR) is 97.5 cm³/mol. The van der Waals surface area contributed by atoms with E-state index < -0.39 is 0 Å². The van der Waals surface area contributed by atoms with Crippen molar-refractivity contribution in [2.24, 2.45) is 0 Å². The first-order valence-electron chi connectivity index (χ1n) is 7.56. The molecule has 0 saturated heterocycles. The van der Waals surface area contributed by atoms with E-state index in [1.807, 2.05) is 30.3 Å². The van der Waals surface area contributed by atoms with E-state index in [2.05, 4.69) is 36.4 Å². The molecule has 0 amide bonds. The van der Waals surface area contributed by atoms with Gasteiger partial charge in [-0.3, -0.25) is 0 Å². The van der Waals surface area contributed by atoms with Crippen LogP contribution < -0.4 is 10.1 Å². The smallest absolute Gasteiger partial charge is 0.119 e. The van der Waals surface area contributed by atoms with Gasteiger partial charge in [0.1, 0.15) is 12.4 Å². The van der Waals surface area contributed by atoms with Gasteiger partial charge in [-0.2, -0.15) is 0 Å². The maximum atomic E-state index is 6.14. The minimum atomic E-state index is 0.360. The fourth-order valence-corrected chi connectivity index (χ4v) is 2.57. The molecular formula is C18H22Cl2N2O. The summed E-state index contributed by atoms with van der Waals surface area (Å²) in [4.78, 5) is 2.16. The summed E-state index contributed by atoms with van der Waals surface area (Å²) in [5, 5.41) is 4.66. The predicted octanol–water partition coefficient (Wildman–Crippen LogP) is 4.22. The Bertz CT molecular complexity index is 595. The fraction of sp³-hybridized carbons (Fsp3) is 0.333. The third-order valence-corrected chi connectivity index (χ3v) is 4.14. The molecule has 1 N–H and O–H groups in total. The summed E-state index contributed by atoms with van der Waals surface area (Å²) in [7, 11) is 4.14. The van der Waals surface area contributed by atoms with Gasteiger partial charge in [-0.25, -0.2) is 0 Å². The van der Waals surface area contributed by atoms with Crippen molar-refractivity contribution >= 4 is 23.2 Å². The summed E-state index contributed by atoms with van der Waals surface area (Å²) in [6, 6.07) is 13.5. The lowest BCUT2D eigenvalue weighted by molar-refractivity contribution is 0.306. The molecule has 0 saturated carbocycles. The number of nitrogens with zero attached hydrogens (tertiary/aromatic N) is 1. The van der Waals surface area contributed by atoms with Crippen LogP contribution in [0.1, 0.15) is 11.1 Å². The molecule has 0 atom stereocenters. The molecule has 0 aromatic heterocycles. The normalized spacial score (nSPS) is 11.0. The number of nitrogens with one attached hydrogen (secondary N) is 1. The first-order valence-corrected chi connectivity index (χ1v) is 8.32. The highest BCUT2D eigenvalue weighted by molar-refractivity contribution is 6.35. The number of ether oxygens (including phenoxy) is 1. The molecule has 124 valence electrons. The Morgan fingerprint density at radius 3 is 2.26 bits per heavy atom. The lowest BCUT2D eigenvalue weighted by Crippen LogP contribution is -2.26. The number of halogens is 2. The molecule has 2 aromatic rings. The van der Waals surface area contributed by atoms with Gasteiger partial charge in [0.15, 0.2) is 0 Å². The van der Waals surface area contributed by atoms with Crippen LogP contribution >= 0.6 is 23.2 Å². The molecule has 0 aliphatic carbocycles. The second-order valence-corrected chi connectivity index (χ2v) is 6.43. The number of benzene rings is 2. The van der Waals surface area contributed by atoms with Crippen molar-refractivity contribution in [3.8, 4) is 5.75 Å². The summed E-state index contributed by atoms with van der Waals surface area (Å²) < 4.78 is 5.77. The molecule has 0 fully saturated rings. The Kier molecular flexibility index (Phi) is 7.18. The summed E-state index contributed by atoms with van der Waals surface area (Å²) >= 11 is 12.3. The average Bonchev–Trinajstić information content (AvgIpc) is 2.52. The van der Waals surface area contributed by atoms with Crippen LogP contribution in [-0.4, -0.2) is 32.1 Å². The molecule has 2 aromatic carbocycles. The van der Waals surface area contributed by atoms with Crippen molar-refractivity contribution in [2.75, 3.05) is 27.2 Å². The molecule has 2 rings (SSSR count). The monoisotopic (exact) mass is 352 g/mol. The zero-order chi connectivity index (χ0) is 16.7. The van der Waals surface area contributed by atoms with Crippen LogP contribution in [0.25, 0.3) is 0 Å². The molecular weight excluding hydrogens is 331 g/mol. The second-order valence-electron chi connectivity index (χ2n) is 5.61. The van der Waals surface area contributed by atoms with Crippen LogP contribution in [0.2, 0.25) is 10.0 Å². The van der Waals surface area contributed by atoms with E-state index in [-0.39, 0.29) is 0 Å². The van der Waals surface area contributed by atoms with Gasteiger partial charge in [0.25, 0.3) is 0 Å². The minimum absolute atomic E-state index is 0.360. The van der Waals surface area contributed by atoms with E-state index >= 15 is 0 Å². The Morgan fingerprint density at radius 1 is 1.00 bits per heavy atom. The van der Waals surface area contributed by atoms with Crippen molar-refractivity contribution in [1.82, 2.24) is 10.2 Å². The maximum Gasteiger partial charge on any atom is 0.119 e. The van der Waals surface area contributed by atoms with Gasteiger partial charge in [-0.05, 0) is 43.9 Å². The Balaban J connectivity index is 1.83. The Labute approximate surface area is 148 Å². The summed E-state index contributed by atoms with van der Waals surface area (Å²) in [6.07, 6.45) is 0. The third-order valence-electron chi connectivity index (χ3n) is 3.43. The molecule has 0 heterocycles. The first-order chi connectivity index (χ1) is 11.1. The number of rotatable bonds is 8. The zero-order valence-corrected chi connectivity index (χ0v) is 15.0. The topological polar surface area (TPSA) is 24.5 Å². The largest absolute Gasteiger partial charge is 0.489 e. The summed E-state index contributed by atoms with van der Waals surface area (Å²) in [6.45, 7) is 3.21. The van der Waals surface area contributed by atoms with E-state index in [9.17, 15) is 0 Å². The van der Waals surface area contributed by atoms with Crippen LogP contribution in [0.3, 0.4) is 0 Å². The fourth-order valence-electron chi connectivity index (χ4n) is 2.06. The lowest BCUT2D eigenvalue weighted by atomic mass is 10.2. The van der Waals surface area contributed by atoms with Crippen LogP contribution in [0.5, 0.6) is 5.75 Å². The van der Waals surface area contributed by atoms with Crippen molar-refractivity contribution in [1.29, 1.82) is 0 Å². The third kappa shape index (κ3) is 6.04. The van der Waals surface area contributed by atoms with Gasteiger partial charge in [0, 0.05) is 35.2 Å². The molecule has 0 radical (unpaired) electrons. The molecule has 0 unspecified atom stereocenters. The molecule has 3 nitrogen and oxygen atoms in total. The van der Waals surface area contributed by atoms with E-state index in [1.165, 1.54) is 5.56 Å². The molecule has 5 heteroatoms. The SMILES string of the molecule is CN(C)CCNCc1ccc(OCc2c(Cl)cccc2Cl)cc1. The van der Waals surface area contributed by atoms with Gasteiger partial charge in [-0.1, -0.05) is 41.4 Å². The Hall–Kier alpha value is -1.26. The van der Waals surface area contributed by atoms with Crippen molar-refractivity contribution < 1.29 is 4.74 Å². The van der Waals surface area contributed by atoms with Gasteiger partial charge in [0.2, 0.25) is 0 Å². The van der Waals surface area contributed by atoms with Gasteiger partial charge in [-0.15, -0.1) is 0 Å². The molecule has 0 aliphatic heterocycles. The molecule has 0 aliphatic rings. The quantitative estimate of drug-likeness (QED) is 0.719. The summed E-state index contributed by atoms with van der Waals surface area (Å²) in [5.41, 5.74) is 2.04. The summed E-state index contributed by atoms with van der Waals surface area (Å²) in [5.74, 6) is 0.804. The van der Waals surface area contributed by atoms with Gasteiger partial charge in [0.05, 0.1) is 0 Å². The molecule has 0 spiro atoms. The lowest BCUT2D eigenvalue weighted by Gasteiger charge is -2.11. The van der Waals surface area contributed by atoms with Crippen molar-refractivity contribution in [2.45, 2.75) is 13.2 Å². The average molecular weight is 353 g/mol. The zero-order valence-electron chi connectivity index (χ0n) is 13.5. The van der Waals surface area contributed by atoms with Crippen LogP contribution in [0.15, 0.2) is 42.5 Å². The van der Waals surface area contributed by atoms with E-state index in [0.717, 1.165) is 30.9 Å². The molecule has 23 heavy (non-hydrogen) atoms. The first kappa shape index (κ1) is 18.1. The van der Waals surface area contributed by atoms with Gasteiger partial charge < -0.3 is 15.0 Å². The number of hydrogen-bond donors (Lipinski definition) is 1. The van der Waals surface area contributed by atoms with E-state index in [1.54, 1.807) is 0 Å². The minimum Gasteiger partial charge on any atom is -0.489 e. The highest BCUT2D eigenvalue weighted by atomic mass is 35.5. The standard InChI is InChI=1S/C18H22Cl2N2O/c1-22(2)11-10-21-12-14-6-8-15(9-7-14)23-13-16-17(19)4-3-5-18(16)20/h3-9,21H,10-13H2,1-2H3. The van der Waals surface area contributed by atoms with Crippen LogP contribution in [0.4, 0.5) is 0 Å². The highest BCUT2D eigenvalue weighted by Gasteiger charge is 2.06. The van der Waals surface area contributed by atoms with Crippen LogP contribution in [-0.2, 0) is 13.2 Å². The van der Waals surface area contributed by atoms with Gasteiger partial charge >= 0.3 is 0 Å². The van der Waals surface area contributed by atoms with E-state index in [4.69, 9.17) is 27.9 Å². The highest BCUT2D eigenvalue weighted by Crippen LogP contribution is 2.25. The number of likely N-dealkylation sites (N-methyl/N-ethyl adjacent to an activating group) is 1. The van der Waals surface area contributed by atoms with Crippen LogP contribution in [0, 0.1) is 0 Å². The Morgan fingerprint density at radius 2 is 1.65 bits per heavy atom. The molecule has 0 bridgehead atoms. The second kappa shape index (κ2) is 9.14.